The molecule has 0 saturated heterocycles. The number of carboxylic acid groups (broad SMARTS) is 1. The van der Waals surface area contributed by atoms with Gasteiger partial charge in [0.25, 0.3) is 0 Å². The average molecular weight is 711 g/mol. The van der Waals surface area contributed by atoms with Gasteiger partial charge in [0.05, 0.1) is 29.4 Å². The minimum Gasteiger partial charge on any atom is -0.870 e. The van der Waals surface area contributed by atoms with Crippen LogP contribution in [0.4, 0.5) is 17.6 Å². The molecule has 0 aliphatic carbocycles. The van der Waals surface area contributed by atoms with Gasteiger partial charge >= 0.3 is 41.5 Å². The maximum Gasteiger partial charge on any atom is 1.00 e. The van der Waals surface area contributed by atoms with Crippen LogP contribution in [0, 0.1) is 47.0 Å². The first-order valence-electron chi connectivity index (χ1n) is 16.1. The Morgan fingerprint density at radius 2 is 0.961 bits per heavy atom. The molecule has 0 spiro atoms. The summed E-state index contributed by atoms with van der Waals surface area (Å²) in [6.45, 7) is 4.15. The molecule has 0 aliphatic heterocycles. The van der Waals surface area contributed by atoms with Gasteiger partial charge < -0.3 is 15.3 Å². The fraction of sp³-hybridized carbons (Fsp3) is 0.268. The van der Waals surface area contributed by atoms with E-state index in [0.29, 0.717) is 40.7 Å². The van der Waals surface area contributed by atoms with E-state index < -0.39 is 35.2 Å². The Labute approximate surface area is 319 Å². The number of rotatable bonds is 10. The van der Waals surface area contributed by atoms with Crippen molar-refractivity contribution in [2.75, 3.05) is 7.11 Å². The van der Waals surface area contributed by atoms with Gasteiger partial charge in [-0.1, -0.05) is 63.2 Å². The van der Waals surface area contributed by atoms with Crippen molar-refractivity contribution in [1.29, 1.82) is 0 Å². The van der Waals surface area contributed by atoms with Crippen molar-refractivity contribution in [2.45, 2.75) is 65.2 Å². The van der Waals surface area contributed by atoms with Crippen molar-refractivity contribution in [3.8, 4) is 23.7 Å². The monoisotopic (exact) mass is 710 g/mol. The van der Waals surface area contributed by atoms with Crippen LogP contribution in [0.3, 0.4) is 0 Å². The van der Waals surface area contributed by atoms with E-state index in [-0.39, 0.29) is 51.7 Å². The number of ether oxygens (including phenoxy) is 1. The molecule has 0 unspecified atom stereocenters. The van der Waals surface area contributed by atoms with Crippen LogP contribution in [-0.2, 0) is 17.6 Å². The van der Waals surface area contributed by atoms with E-state index in [2.05, 4.69) is 42.3 Å². The van der Waals surface area contributed by atoms with Crippen molar-refractivity contribution in [2.24, 2.45) is 0 Å². The molecule has 262 valence electrons. The third kappa shape index (κ3) is 14.4. The fourth-order valence-corrected chi connectivity index (χ4v) is 4.71. The van der Waals surface area contributed by atoms with Gasteiger partial charge in [-0.2, -0.15) is 0 Å². The zero-order valence-electron chi connectivity index (χ0n) is 29.2. The third-order valence-electron chi connectivity index (χ3n) is 7.44. The van der Waals surface area contributed by atoms with Gasteiger partial charge in [-0.05, 0) is 110 Å². The van der Waals surface area contributed by atoms with Crippen LogP contribution in [0.1, 0.15) is 106 Å². The minimum atomic E-state index is -1.04. The van der Waals surface area contributed by atoms with E-state index >= 15 is 0 Å². The zero-order valence-corrected chi connectivity index (χ0v) is 31.2. The summed E-state index contributed by atoms with van der Waals surface area (Å²) < 4.78 is 61.0. The molecule has 0 aliphatic rings. The number of carbonyl (C=O) groups is 2. The number of hydrogen-bond donors (Lipinski definition) is 1. The van der Waals surface area contributed by atoms with Gasteiger partial charge in [0.15, 0.2) is 0 Å². The number of benzene rings is 4. The summed E-state index contributed by atoms with van der Waals surface area (Å²) in [7, 11) is 1.30. The molecule has 0 bridgehead atoms. The van der Waals surface area contributed by atoms with Gasteiger partial charge in [-0.25, -0.2) is 27.2 Å². The first-order valence-corrected chi connectivity index (χ1v) is 16.1. The Morgan fingerprint density at radius 1 is 0.608 bits per heavy atom. The van der Waals surface area contributed by atoms with Crippen LogP contribution in [0.15, 0.2) is 72.8 Å². The minimum absolute atomic E-state index is 0. The first-order chi connectivity index (χ1) is 23.6. The maximum atomic E-state index is 14.1. The molecule has 0 aromatic heterocycles. The van der Waals surface area contributed by atoms with Crippen molar-refractivity contribution in [1.82, 2.24) is 0 Å². The van der Waals surface area contributed by atoms with Crippen molar-refractivity contribution < 1.29 is 72.0 Å². The second-order valence-corrected chi connectivity index (χ2v) is 11.2. The number of halogens is 4. The Hall–Kier alpha value is -4.38. The van der Waals surface area contributed by atoms with Gasteiger partial charge in [0.1, 0.15) is 23.3 Å². The van der Waals surface area contributed by atoms with Crippen LogP contribution in [0.25, 0.3) is 0 Å². The van der Waals surface area contributed by atoms with Crippen LogP contribution >= 0.6 is 0 Å². The SMILES string of the molecule is CCCCCc1cc(F)c(C#Cc2ccc(C(=O)O)cc2)c(F)c1.CCCCCc1cc(F)c(C#Cc2ccc(C(=O)OC)cc2)c(F)c1.[Na+].[OH-]. The zero-order chi connectivity index (χ0) is 35.8. The number of unbranched alkanes of at least 4 members (excludes halogenated alkanes) is 4. The molecule has 4 aromatic rings. The molecule has 4 rings (SSSR count). The van der Waals surface area contributed by atoms with Gasteiger partial charge in [-0.3, -0.25) is 0 Å². The topological polar surface area (TPSA) is 93.6 Å². The molecule has 0 amide bonds. The summed E-state index contributed by atoms with van der Waals surface area (Å²) in [6, 6.07) is 17.5. The molecular formula is C41H39F4NaO5. The van der Waals surface area contributed by atoms with E-state index in [1.165, 1.54) is 55.6 Å². The molecule has 0 atom stereocenters. The number of carbonyl (C=O) groups excluding carboxylic acids is 1. The molecule has 0 fully saturated rings. The van der Waals surface area contributed by atoms with Crippen molar-refractivity contribution in [3.05, 3.63) is 141 Å². The quantitative estimate of drug-likeness (QED) is 0.0667. The van der Waals surface area contributed by atoms with E-state index in [9.17, 15) is 27.2 Å². The van der Waals surface area contributed by atoms with E-state index in [0.717, 1.165) is 38.5 Å². The van der Waals surface area contributed by atoms with Crippen LogP contribution < -0.4 is 29.6 Å². The molecule has 0 saturated carbocycles. The standard InChI is InChI=1S/C21H20F2O2.C20H18F2O2.Na.H2O/c1-3-4-5-6-16-13-19(22)18(20(23)14-16)12-9-15-7-10-17(11-8-15)21(24)25-2;1-2-3-4-5-15-12-18(21)17(19(22)13-15)11-8-14-6-9-16(10-7-14)20(23)24;;/h7-8,10-11,13-14H,3-6H2,1-2H3;6-7,9-10,12-13H,2-5H2,1H3,(H,23,24);;1H2/q;;+1;/p-1. The third-order valence-corrected chi connectivity index (χ3v) is 7.44. The Morgan fingerprint density at radius 3 is 1.27 bits per heavy atom. The Balaban J connectivity index is 0.000000491. The number of carboxylic acids is 1. The van der Waals surface area contributed by atoms with Crippen molar-refractivity contribution >= 4 is 11.9 Å². The molecule has 0 heterocycles. The Bertz CT molecular complexity index is 1820. The summed E-state index contributed by atoms with van der Waals surface area (Å²) in [5.41, 5.74) is 2.35. The molecular weight excluding hydrogens is 671 g/mol. The largest absolute Gasteiger partial charge is 1.00 e. The number of hydrogen-bond acceptors (Lipinski definition) is 4. The number of methoxy groups -OCH3 is 1. The van der Waals surface area contributed by atoms with Crippen molar-refractivity contribution in [3.63, 3.8) is 0 Å². The summed E-state index contributed by atoms with van der Waals surface area (Å²) in [5.74, 6) is 6.28. The summed E-state index contributed by atoms with van der Waals surface area (Å²) in [6.07, 6.45) is 7.28. The maximum absolute atomic E-state index is 14.1. The van der Waals surface area contributed by atoms with E-state index in [1.807, 2.05) is 0 Å². The number of aryl methyl sites for hydroxylation is 2. The smallest absolute Gasteiger partial charge is 0.870 e. The van der Waals surface area contributed by atoms with E-state index in [1.54, 1.807) is 24.3 Å². The number of aromatic carboxylic acids is 1. The normalized spacial score (nSPS) is 9.71. The summed E-state index contributed by atoms with van der Waals surface area (Å²) in [5, 5.41) is 8.82. The van der Waals surface area contributed by atoms with Crippen LogP contribution in [-0.4, -0.2) is 29.6 Å². The fourth-order valence-electron chi connectivity index (χ4n) is 4.71. The van der Waals surface area contributed by atoms with Crippen LogP contribution in [0.5, 0.6) is 0 Å². The Kier molecular flexibility index (Phi) is 20.3. The first kappa shape index (κ1) is 44.6. The molecule has 51 heavy (non-hydrogen) atoms. The second kappa shape index (κ2) is 23.2. The number of esters is 1. The predicted molar refractivity (Wildman–Crippen MR) is 184 cm³/mol. The summed E-state index contributed by atoms with van der Waals surface area (Å²) in [4.78, 5) is 22.1. The van der Waals surface area contributed by atoms with E-state index in [4.69, 9.17) is 5.11 Å². The van der Waals surface area contributed by atoms with Gasteiger partial charge in [0.2, 0.25) is 0 Å². The molecule has 0 radical (unpaired) electrons. The second-order valence-electron chi connectivity index (χ2n) is 11.2. The molecule has 2 N–H and O–H groups in total. The predicted octanol–water partition coefficient (Wildman–Crippen LogP) is 6.51. The average Bonchev–Trinajstić information content (AvgIpc) is 3.08. The van der Waals surface area contributed by atoms with Crippen LogP contribution in [0.2, 0.25) is 0 Å². The molecule has 4 aromatic carbocycles. The van der Waals surface area contributed by atoms with Gasteiger partial charge in [-0.15, -0.1) is 0 Å². The summed E-state index contributed by atoms with van der Waals surface area (Å²) >= 11 is 0. The molecule has 10 heteroatoms. The van der Waals surface area contributed by atoms with Gasteiger partial charge in [0, 0.05) is 11.1 Å². The molecule has 5 nitrogen and oxygen atoms in total.